The summed E-state index contributed by atoms with van der Waals surface area (Å²) in [5.41, 5.74) is 1.78. The highest BCUT2D eigenvalue weighted by molar-refractivity contribution is 7.88. The topological polar surface area (TPSA) is 59.1 Å². The zero-order chi connectivity index (χ0) is 9.90. The second-order valence-corrected chi connectivity index (χ2v) is 4.73. The second kappa shape index (κ2) is 3.85. The Morgan fingerprint density at radius 1 is 1.46 bits per heavy atom. The van der Waals surface area contributed by atoms with E-state index in [-0.39, 0.29) is 0 Å². The van der Waals surface area contributed by atoms with E-state index in [1.54, 1.807) is 6.20 Å². The van der Waals surface area contributed by atoms with Gasteiger partial charge in [-0.05, 0) is 18.6 Å². The molecule has 0 aliphatic carbocycles. The molecule has 1 aromatic rings. The number of nitrogens with zero attached hydrogens (tertiary/aromatic N) is 1. The molecule has 0 saturated carbocycles. The molecule has 13 heavy (non-hydrogen) atoms. The SMILES string of the molecule is Cc1ccc(CNS(C)(=O)=O)cn1. The normalized spacial score (nSPS) is 11.5. The summed E-state index contributed by atoms with van der Waals surface area (Å²) in [4.78, 5) is 4.04. The molecular formula is C8H12N2O2S. The maximum Gasteiger partial charge on any atom is 0.209 e. The molecule has 0 atom stereocenters. The van der Waals surface area contributed by atoms with Crippen molar-refractivity contribution < 1.29 is 8.42 Å². The molecule has 0 aromatic carbocycles. The number of hydrogen-bond donors (Lipinski definition) is 1. The number of sulfonamides is 1. The Hall–Kier alpha value is -0.940. The predicted molar refractivity (Wildman–Crippen MR) is 50.7 cm³/mol. The molecule has 5 heteroatoms. The largest absolute Gasteiger partial charge is 0.261 e. The second-order valence-electron chi connectivity index (χ2n) is 2.90. The van der Waals surface area contributed by atoms with Crippen LogP contribution in [0.2, 0.25) is 0 Å². The van der Waals surface area contributed by atoms with Gasteiger partial charge in [-0.1, -0.05) is 6.07 Å². The number of rotatable bonds is 3. The molecular weight excluding hydrogens is 188 g/mol. The van der Waals surface area contributed by atoms with E-state index < -0.39 is 10.0 Å². The Balaban J connectivity index is 2.61. The highest BCUT2D eigenvalue weighted by Gasteiger charge is 2.00. The van der Waals surface area contributed by atoms with Crippen molar-refractivity contribution in [2.75, 3.05) is 6.26 Å². The molecule has 0 saturated heterocycles. The molecule has 0 radical (unpaired) electrons. The zero-order valence-electron chi connectivity index (χ0n) is 7.61. The maximum absolute atomic E-state index is 10.7. The molecule has 0 amide bonds. The van der Waals surface area contributed by atoms with E-state index >= 15 is 0 Å². The van der Waals surface area contributed by atoms with Crippen molar-refractivity contribution in [1.29, 1.82) is 0 Å². The van der Waals surface area contributed by atoms with Crippen molar-refractivity contribution in [2.24, 2.45) is 0 Å². The van der Waals surface area contributed by atoms with Gasteiger partial charge in [-0.15, -0.1) is 0 Å². The number of pyridine rings is 1. The Labute approximate surface area is 78.1 Å². The van der Waals surface area contributed by atoms with Crippen LogP contribution in [0.1, 0.15) is 11.3 Å². The van der Waals surface area contributed by atoms with Gasteiger partial charge in [0.15, 0.2) is 0 Å². The van der Waals surface area contributed by atoms with E-state index in [1.165, 1.54) is 0 Å². The standard InChI is InChI=1S/C8H12N2O2S/c1-7-3-4-8(5-9-7)6-10-13(2,11)12/h3-5,10H,6H2,1-2H3. The quantitative estimate of drug-likeness (QED) is 0.770. The van der Waals surface area contributed by atoms with Crippen LogP contribution in [0, 0.1) is 6.92 Å². The van der Waals surface area contributed by atoms with Crippen LogP contribution in [0.4, 0.5) is 0 Å². The molecule has 0 spiro atoms. The van der Waals surface area contributed by atoms with Gasteiger partial charge in [0.2, 0.25) is 10.0 Å². The smallest absolute Gasteiger partial charge is 0.209 e. The minimum atomic E-state index is -3.11. The van der Waals surface area contributed by atoms with E-state index in [2.05, 4.69) is 9.71 Å². The van der Waals surface area contributed by atoms with Crippen LogP contribution in [0.25, 0.3) is 0 Å². The summed E-state index contributed by atoms with van der Waals surface area (Å²) in [6.45, 7) is 2.18. The first-order valence-electron chi connectivity index (χ1n) is 3.83. The van der Waals surface area contributed by atoms with Gasteiger partial charge in [-0.3, -0.25) is 4.98 Å². The fraction of sp³-hybridized carbons (Fsp3) is 0.375. The van der Waals surface area contributed by atoms with Crippen molar-refractivity contribution in [3.63, 3.8) is 0 Å². The number of hydrogen-bond acceptors (Lipinski definition) is 3. The first-order valence-corrected chi connectivity index (χ1v) is 5.73. The summed E-state index contributed by atoms with van der Waals surface area (Å²) in [5.74, 6) is 0. The van der Waals surface area contributed by atoms with Gasteiger partial charge in [0.25, 0.3) is 0 Å². The van der Waals surface area contributed by atoms with Gasteiger partial charge in [0.1, 0.15) is 0 Å². The van der Waals surface area contributed by atoms with Crippen molar-refractivity contribution >= 4 is 10.0 Å². The van der Waals surface area contributed by atoms with Gasteiger partial charge >= 0.3 is 0 Å². The fourth-order valence-electron chi connectivity index (χ4n) is 0.817. The lowest BCUT2D eigenvalue weighted by molar-refractivity contribution is 0.587. The van der Waals surface area contributed by atoms with Crippen molar-refractivity contribution in [3.8, 4) is 0 Å². The maximum atomic E-state index is 10.7. The van der Waals surface area contributed by atoms with Gasteiger partial charge in [0.05, 0.1) is 6.26 Å². The summed E-state index contributed by atoms with van der Waals surface area (Å²) in [5, 5.41) is 0. The third kappa shape index (κ3) is 4.00. The molecule has 1 rings (SSSR count). The van der Waals surface area contributed by atoms with E-state index in [0.29, 0.717) is 6.54 Å². The number of nitrogens with one attached hydrogen (secondary N) is 1. The van der Waals surface area contributed by atoms with E-state index in [0.717, 1.165) is 17.5 Å². The van der Waals surface area contributed by atoms with Gasteiger partial charge in [-0.25, -0.2) is 13.1 Å². The third-order valence-electron chi connectivity index (χ3n) is 1.51. The molecule has 72 valence electrons. The molecule has 0 unspecified atom stereocenters. The van der Waals surface area contributed by atoms with E-state index in [1.807, 2.05) is 19.1 Å². The van der Waals surface area contributed by atoms with Gasteiger partial charge in [-0.2, -0.15) is 0 Å². The van der Waals surface area contributed by atoms with Crippen molar-refractivity contribution in [2.45, 2.75) is 13.5 Å². The third-order valence-corrected chi connectivity index (χ3v) is 2.18. The summed E-state index contributed by atoms with van der Waals surface area (Å²) < 4.78 is 23.9. The zero-order valence-corrected chi connectivity index (χ0v) is 8.43. The highest BCUT2D eigenvalue weighted by atomic mass is 32.2. The average Bonchev–Trinajstić information content (AvgIpc) is 2.02. The molecule has 0 fully saturated rings. The predicted octanol–water partition coefficient (Wildman–Crippen LogP) is 0.439. The van der Waals surface area contributed by atoms with Crippen LogP contribution in [0.15, 0.2) is 18.3 Å². The molecule has 4 nitrogen and oxygen atoms in total. The van der Waals surface area contributed by atoms with E-state index in [4.69, 9.17) is 0 Å². The van der Waals surface area contributed by atoms with Gasteiger partial charge < -0.3 is 0 Å². The molecule has 0 aliphatic heterocycles. The lowest BCUT2D eigenvalue weighted by Crippen LogP contribution is -2.21. The van der Waals surface area contributed by atoms with Crippen LogP contribution >= 0.6 is 0 Å². The minimum Gasteiger partial charge on any atom is -0.261 e. The molecule has 1 heterocycles. The summed E-state index contributed by atoms with van der Waals surface area (Å²) in [7, 11) is -3.11. The van der Waals surface area contributed by atoms with E-state index in [9.17, 15) is 8.42 Å². The van der Waals surface area contributed by atoms with Crippen molar-refractivity contribution in [3.05, 3.63) is 29.6 Å². The first-order chi connectivity index (χ1) is 5.97. The number of aromatic nitrogens is 1. The summed E-state index contributed by atoms with van der Waals surface area (Å²) in [6.07, 6.45) is 2.79. The average molecular weight is 200 g/mol. The number of aryl methyl sites for hydroxylation is 1. The van der Waals surface area contributed by atoms with Crippen molar-refractivity contribution in [1.82, 2.24) is 9.71 Å². The van der Waals surface area contributed by atoms with Crippen LogP contribution in [0.3, 0.4) is 0 Å². The molecule has 0 bridgehead atoms. The monoisotopic (exact) mass is 200 g/mol. The highest BCUT2D eigenvalue weighted by Crippen LogP contribution is 1.98. The fourth-order valence-corrected chi connectivity index (χ4v) is 1.25. The van der Waals surface area contributed by atoms with Crippen LogP contribution in [0.5, 0.6) is 0 Å². The van der Waals surface area contributed by atoms with Crippen LogP contribution < -0.4 is 4.72 Å². The lowest BCUT2D eigenvalue weighted by Gasteiger charge is -2.01. The first kappa shape index (κ1) is 10.1. The Bertz CT molecular complexity index is 370. The lowest BCUT2D eigenvalue weighted by atomic mass is 10.2. The molecule has 1 aromatic heterocycles. The summed E-state index contributed by atoms with van der Waals surface area (Å²) in [6, 6.07) is 3.69. The Morgan fingerprint density at radius 3 is 2.62 bits per heavy atom. The molecule has 0 aliphatic rings. The summed E-state index contributed by atoms with van der Waals surface area (Å²) >= 11 is 0. The van der Waals surface area contributed by atoms with Gasteiger partial charge in [0, 0.05) is 18.4 Å². The minimum absolute atomic E-state index is 0.298. The Kier molecular flexibility index (Phi) is 3.00. The van der Waals surface area contributed by atoms with Crippen LogP contribution in [-0.4, -0.2) is 19.7 Å². The Morgan fingerprint density at radius 2 is 2.15 bits per heavy atom. The molecule has 1 N–H and O–H groups in total. The van der Waals surface area contributed by atoms with Crippen LogP contribution in [-0.2, 0) is 16.6 Å².